The fourth-order valence-corrected chi connectivity index (χ4v) is 5.32. The van der Waals surface area contributed by atoms with Crippen LogP contribution in [0.1, 0.15) is 16.7 Å². The average Bonchev–Trinajstić information content (AvgIpc) is 3.59. The number of thiazole rings is 1. The van der Waals surface area contributed by atoms with Crippen LogP contribution >= 0.6 is 11.3 Å². The summed E-state index contributed by atoms with van der Waals surface area (Å²) in [5, 5.41) is 20.6. The van der Waals surface area contributed by atoms with E-state index in [-0.39, 0.29) is 12.5 Å². The third-order valence-corrected chi connectivity index (χ3v) is 7.46. The van der Waals surface area contributed by atoms with E-state index in [1.807, 2.05) is 67.8 Å². The van der Waals surface area contributed by atoms with Gasteiger partial charge in [-0.2, -0.15) is 5.10 Å². The quantitative estimate of drug-likeness (QED) is 0.132. The Morgan fingerprint density at radius 3 is 2.58 bits per heavy atom. The van der Waals surface area contributed by atoms with Crippen molar-refractivity contribution in [3.05, 3.63) is 104 Å². The highest BCUT2D eigenvalue weighted by Gasteiger charge is 2.22. The van der Waals surface area contributed by atoms with Crippen LogP contribution < -0.4 is 19.0 Å². The molecule has 0 saturated carbocycles. The molecule has 40 heavy (non-hydrogen) atoms. The Bertz CT molecular complexity index is 1890. The predicted octanol–water partition coefficient (Wildman–Crippen LogP) is 6.75. The first kappa shape index (κ1) is 25.3. The van der Waals surface area contributed by atoms with Gasteiger partial charge in [0.05, 0.1) is 41.3 Å². The second kappa shape index (κ2) is 10.3. The Labute approximate surface area is 233 Å². The third-order valence-electron chi connectivity index (χ3n) is 6.64. The lowest BCUT2D eigenvalue weighted by Gasteiger charge is -2.07. The molecule has 0 radical (unpaired) electrons. The van der Waals surface area contributed by atoms with Crippen molar-refractivity contribution in [2.45, 2.75) is 13.8 Å². The van der Waals surface area contributed by atoms with Gasteiger partial charge in [-0.25, -0.2) is 9.67 Å². The van der Waals surface area contributed by atoms with E-state index in [1.165, 1.54) is 23.6 Å². The lowest BCUT2D eigenvalue weighted by atomic mass is 10.1. The van der Waals surface area contributed by atoms with Crippen LogP contribution in [0.2, 0.25) is 0 Å². The molecule has 200 valence electrons. The largest absolute Gasteiger partial charge is 0.497 e. The van der Waals surface area contributed by atoms with Gasteiger partial charge in [0, 0.05) is 10.9 Å². The number of benzene rings is 4. The Morgan fingerprint density at radius 1 is 1.00 bits per heavy atom. The maximum Gasteiger partial charge on any atom is 0.282 e. The van der Waals surface area contributed by atoms with Gasteiger partial charge >= 0.3 is 0 Å². The van der Waals surface area contributed by atoms with E-state index in [0.29, 0.717) is 21.9 Å². The van der Waals surface area contributed by atoms with Gasteiger partial charge in [-0.3, -0.25) is 10.1 Å². The Kier molecular flexibility index (Phi) is 6.53. The molecule has 4 aromatic carbocycles. The van der Waals surface area contributed by atoms with Crippen molar-refractivity contribution in [2.24, 2.45) is 10.1 Å². The number of ether oxygens (including phenoxy) is 3. The summed E-state index contributed by atoms with van der Waals surface area (Å²) in [6.07, 6.45) is 1.46. The number of nitro groups is 1. The first-order valence-electron chi connectivity index (χ1n) is 12.4. The van der Waals surface area contributed by atoms with Gasteiger partial charge in [0.2, 0.25) is 11.6 Å². The van der Waals surface area contributed by atoms with Crippen LogP contribution in [0.25, 0.3) is 22.0 Å². The van der Waals surface area contributed by atoms with E-state index in [2.05, 4.69) is 6.07 Å². The fourth-order valence-electron chi connectivity index (χ4n) is 4.47. The molecule has 6 rings (SSSR count). The first-order valence-corrected chi connectivity index (χ1v) is 13.3. The molecular formula is C30H24N4O5S. The molecule has 1 aliphatic rings. The van der Waals surface area contributed by atoms with Crippen molar-refractivity contribution < 1.29 is 19.1 Å². The Morgan fingerprint density at radius 2 is 1.77 bits per heavy atom. The number of hydrogen-bond donors (Lipinski definition) is 0. The summed E-state index contributed by atoms with van der Waals surface area (Å²) in [5.41, 5.74) is 4.84. The number of hydrogen-bond acceptors (Lipinski definition) is 8. The minimum Gasteiger partial charge on any atom is -0.497 e. The van der Waals surface area contributed by atoms with Crippen molar-refractivity contribution in [1.29, 1.82) is 0 Å². The number of aryl methyl sites for hydroxylation is 2. The van der Waals surface area contributed by atoms with Gasteiger partial charge in [0.25, 0.3) is 5.69 Å². The zero-order valence-electron chi connectivity index (χ0n) is 22.0. The summed E-state index contributed by atoms with van der Waals surface area (Å²) < 4.78 is 17.9. The lowest BCUT2D eigenvalue weighted by Crippen LogP contribution is -2.12. The van der Waals surface area contributed by atoms with E-state index in [9.17, 15) is 10.1 Å². The van der Waals surface area contributed by atoms with Crippen molar-refractivity contribution in [1.82, 2.24) is 4.68 Å². The standard InChI is InChI=1S/C30H24N4O5S/c1-18-4-5-19(2)25(10-18)32-30-33(31-15-23-13-28-29(39-17-38-28)14-26(23)34(35)36)27(16-40-30)22-7-6-21-12-24(37-3)9-8-20(21)11-22/h4-16H,17H2,1-3H3. The number of aromatic nitrogens is 1. The van der Waals surface area contributed by atoms with Gasteiger partial charge in [0.1, 0.15) is 5.75 Å². The highest BCUT2D eigenvalue weighted by atomic mass is 32.1. The summed E-state index contributed by atoms with van der Waals surface area (Å²) >= 11 is 1.44. The van der Waals surface area contributed by atoms with Crippen LogP contribution in [0.5, 0.6) is 17.2 Å². The first-order chi connectivity index (χ1) is 19.4. The summed E-state index contributed by atoms with van der Waals surface area (Å²) in [4.78, 5) is 16.9. The van der Waals surface area contributed by atoms with Crippen molar-refractivity contribution in [3.63, 3.8) is 0 Å². The van der Waals surface area contributed by atoms with Crippen molar-refractivity contribution in [2.75, 3.05) is 13.9 Å². The van der Waals surface area contributed by atoms with E-state index in [0.717, 1.165) is 44.6 Å². The van der Waals surface area contributed by atoms with Crippen LogP contribution in [0.3, 0.4) is 0 Å². The molecule has 9 nitrogen and oxygen atoms in total. The molecule has 1 aromatic heterocycles. The van der Waals surface area contributed by atoms with Gasteiger partial charge < -0.3 is 14.2 Å². The normalized spacial score (nSPS) is 12.9. The molecule has 2 heterocycles. The Balaban J connectivity index is 1.52. The van der Waals surface area contributed by atoms with E-state index >= 15 is 0 Å². The van der Waals surface area contributed by atoms with Crippen LogP contribution in [-0.4, -0.2) is 29.7 Å². The summed E-state index contributed by atoms with van der Waals surface area (Å²) in [7, 11) is 1.65. The van der Waals surface area contributed by atoms with E-state index in [4.69, 9.17) is 24.3 Å². The molecule has 0 N–H and O–H groups in total. The zero-order chi connectivity index (χ0) is 27.8. The molecule has 10 heteroatoms. The van der Waals surface area contributed by atoms with Crippen molar-refractivity contribution >= 4 is 39.7 Å². The van der Waals surface area contributed by atoms with E-state index in [1.54, 1.807) is 17.9 Å². The maximum absolute atomic E-state index is 11.8. The summed E-state index contributed by atoms with van der Waals surface area (Å²) in [5.74, 6) is 1.56. The van der Waals surface area contributed by atoms with Crippen LogP contribution in [0.4, 0.5) is 11.4 Å². The monoisotopic (exact) mass is 552 g/mol. The predicted molar refractivity (Wildman–Crippen MR) is 155 cm³/mol. The zero-order valence-corrected chi connectivity index (χ0v) is 22.8. The molecule has 0 unspecified atom stereocenters. The molecular weight excluding hydrogens is 528 g/mol. The molecule has 0 saturated heterocycles. The molecule has 0 bridgehead atoms. The highest BCUT2D eigenvalue weighted by Crippen LogP contribution is 2.37. The molecule has 0 aliphatic carbocycles. The molecule has 1 aliphatic heterocycles. The van der Waals surface area contributed by atoms with Crippen LogP contribution in [0.15, 0.2) is 82.2 Å². The molecule has 0 spiro atoms. The number of rotatable bonds is 6. The number of methoxy groups -OCH3 is 1. The second-order valence-electron chi connectivity index (χ2n) is 9.31. The van der Waals surface area contributed by atoms with E-state index < -0.39 is 4.92 Å². The number of nitro benzene ring substituents is 1. The summed E-state index contributed by atoms with van der Waals surface area (Å²) in [6.45, 7) is 4.05. The average molecular weight is 553 g/mol. The minimum atomic E-state index is -0.457. The highest BCUT2D eigenvalue weighted by molar-refractivity contribution is 7.07. The molecule has 0 fully saturated rings. The molecule has 5 aromatic rings. The lowest BCUT2D eigenvalue weighted by molar-refractivity contribution is -0.385. The van der Waals surface area contributed by atoms with Crippen LogP contribution in [0, 0.1) is 24.0 Å². The fraction of sp³-hybridized carbons (Fsp3) is 0.133. The maximum atomic E-state index is 11.8. The van der Waals surface area contributed by atoms with Gasteiger partial charge in [-0.15, -0.1) is 11.3 Å². The third kappa shape index (κ3) is 4.80. The topological polar surface area (TPSA) is 100 Å². The van der Waals surface area contributed by atoms with Gasteiger partial charge in [0.15, 0.2) is 11.5 Å². The van der Waals surface area contributed by atoms with Crippen molar-refractivity contribution in [3.8, 4) is 28.5 Å². The molecule has 0 amide bonds. The number of fused-ring (bicyclic) bond motifs is 2. The van der Waals surface area contributed by atoms with Crippen LogP contribution in [-0.2, 0) is 0 Å². The second-order valence-corrected chi connectivity index (χ2v) is 10.1. The minimum absolute atomic E-state index is 0.0171. The summed E-state index contributed by atoms with van der Waals surface area (Å²) in [6, 6.07) is 21.1. The van der Waals surface area contributed by atoms with Gasteiger partial charge in [-0.1, -0.05) is 30.3 Å². The van der Waals surface area contributed by atoms with Gasteiger partial charge in [-0.05, 0) is 66.1 Å². The SMILES string of the molecule is COc1ccc2cc(-c3csc(=Nc4cc(C)ccc4C)n3N=Cc3cc4c(cc3[N+](=O)[O-])OCO4)ccc2c1. The smallest absolute Gasteiger partial charge is 0.282 e. The Hall–Kier alpha value is -4.96. The number of nitrogens with zero attached hydrogens (tertiary/aromatic N) is 4. The molecule has 0 atom stereocenters.